The van der Waals surface area contributed by atoms with E-state index in [4.69, 9.17) is 23.2 Å². The highest BCUT2D eigenvalue weighted by molar-refractivity contribution is 6.32. The van der Waals surface area contributed by atoms with Gasteiger partial charge in [-0.3, -0.25) is 4.68 Å². The Morgan fingerprint density at radius 2 is 2.05 bits per heavy atom. The first-order chi connectivity index (χ1) is 9.01. The molecule has 0 fully saturated rings. The molecule has 0 saturated heterocycles. The summed E-state index contributed by atoms with van der Waals surface area (Å²) >= 11 is 12.0. The normalized spacial score (nSPS) is 10.8. The van der Waals surface area contributed by atoms with Gasteiger partial charge in [0, 0.05) is 17.8 Å². The highest BCUT2D eigenvalue weighted by Crippen LogP contribution is 2.23. The Kier molecular flexibility index (Phi) is 4.32. The number of rotatable bonds is 4. The maximum atomic E-state index is 13.2. The summed E-state index contributed by atoms with van der Waals surface area (Å²) in [4.78, 5) is 0. The third kappa shape index (κ3) is 3.19. The van der Waals surface area contributed by atoms with E-state index in [1.165, 1.54) is 12.1 Å². The average Bonchev–Trinajstić information content (AvgIpc) is 2.61. The summed E-state index contributed by atoms with van der Waals surface area (Å²) in [5.74, 6) is -0.375. The topological polar surface area (TPSA) is 29.9 Å². The van der Waals surface area contributed by atoms with Gasteiger partial charge in [0.25, 0.3) is 0 Å². The van der Waals surface area contributed by atoms with Gasteiger partial charge in [-0.25, -0.2) is 4.39 Å². The van der Waals surface area contributed by atoms with Crippen molar-refractivity contribution in [2.24, 2.45) is 7.05 Å². The van der Waals surface area contributed by atoms with E-state index in [0.717, 1.165) is 17.8 Å². The standard InChI is InChI=1S/C13H14Cl2FN3/c1-3-11-13(15)12(19(2)18-11)7-17-10-5-8(14)4-9(16)6-10/h4-6,17H,3,7H2,1-2H3. The molecule has 0 unspecified atom stereocenters. The largest absolute Gasteiger partial charge is 0.379 e. The first kappa shape index (κ1) is 14.2. The number of aryl methyl sites for hydroxylation is 2. The molecule has 0 aliphatic heterocycles. The van der Waals surface area contributed by atoms with Crippen LogP contribution in [0.5, 0.6) is 0 Å². The second-order valence-corrected chi connectivity index (χ2v) is 5.01. The van der Waals surface area contributed by atoms with Gasteiger partial charge < -0.3 is 5.32 Å². The molecule has 0 bridgehead atoms. The number of hydrogen-bond donors (Lipinski definition) is 1. The minimum atomic E-state index is -0.375. The van der Waals surface area contributed by atoms with Crippen molar-refractivity contribution in [3.8, 4) is 0 Å². The minimum absolute atomic E-state index is 0.354. The van der Waals surface area contributed by atoms with Crippen LogP contribution in [0.4, 0.5) is 10.1 Å². The molecule has 0 saturated carbocycles. The van der Waals surface area contributed by atoms with Crippen LogP contribution in [-0.2, 0) is 20.0 Å². The van der Waals surface area contributed by atoms with Gasteiger partial charge in [0.05, 0.1) is 23.0 Å². The molecule has 0 atom stereocenters. The first-order valence-electron chi connectivity index (χ1n) is 5.91. The van der Waals surface area contributed by atoms with E-state index in [2.05, 4.69) is 10.4 Å². The molecule has 1 N–H and O–H groups in total. The molecular formula is C13H14Cl2FN3. The monoisotopic (exact) mass is 301 g/mol. The molecule has 102 valence electrons. The molecule has 19 heavy (non-hydrogen) atoms. The number of nitrogens with one attached hydrogen (secondary N) is 1. The molecular weight excluding hydrogens is 288 g/mol. The van der Waals surface area contributed by atoms with Crippen molar-refractivity contribution >= 4 is 28.9 Å². The van der Waals surface area contributed by atoms with Crippen molar-refractivity contribution in [3.05, 3.63) is 45.4 Å². The van der Waals surface area contributed by atoms with E-state index in [1.807, 2.05) is 14.0 Å². The predicted octanol–water partition coefficient (Wildman–Crippen LogP) is 4.04. The van der Waals surface area contributed by atoms with Crippen LogP contribution in [0.15, 0.2) is 18.2 Å². The van der Waals surface area contributed by atoms with Gasteiger partial charge in [-0.1, -0.05) is 30.1 Å². The Bertz CT molecular complexity index is 576. The number of aromatic nitrogens is 2. The van der Waals surface area contributed by atoms with Crippen LogP contribution in [0.3, 0.4) is 0 Å². The molecule has 0 aliphatic rings. The summed E-state index contributed by atoms with van der Waals surface area (Å²) < 4.78 is 14.9. The number of anilines is 1. The van der Waals surface area contributed by atoms with Gasteiger partial charge in [-0.15, -0.1) is 0 Å². The molecule has 3 nitrogen and oxygen atoms in total. The molecule has 2 rings (SSSR count). The Balaban J connectivity index is 2.16. The van der Waals surface area contributed by atoms with Crippen molar-refractivity contribution in [3.63, 3.8) is 0 Å². The van der Waals surface area contributed by atoms with Gasteiger partial charge >= 0.3 is 0 Å². The van der Waals surface area contributed by atoms with Crippen molar-refractivity contribution in [1.29, 1.82) is 0 Å². The zero-order chi connectivity index (χ0) is 14.0. The van der Waals surface area contributed by atoms with Gasteiger partial charge in [-0.2, -0.15) is 5.10 Å². The van der Waals surface area contributed by atoms with Gasteiger partial charge in [0.15, 0.2) is 0 Å². The van der Waals surface area contributed by atoms with E-state index < -0.39 is 0 Å². The summed E-state index contributed by atoms with van der Waals surface area (Å²) in [5.41, 5.74) is 2.33. The van der Waals surface area contributed by atoms with Crippen LogP contribution in [0, 0.1) is 5.82 Å². The fourth-order valence-corrected chi connectivity index (χ4v) is 2.44. The lowest BCUT2D eigenvalue weighted by Gasteiger charge is -2.08. The van der Waals surface area contributed by atoms with Crippen molar-refractivity contribution in [2.75, 3.05) is 5.32 Å². The number of hydrogen-bond acceptors (Lipinski definition) is 2. The van der Waals surface area contributed by atoms with Gasteiger partial charge in [0.1, 0.15) is 5.82 Å². The lowest BCUT2D eigenvalue weighted by Crippen LogP contribution is -2.06. The van der Waals surface area contributed by atoms with Crippen molar-refractivity contribution in [1.82, 2.24) is 9.78 Å². The van der Waals surface area contributed by atoms with Crippen LogP contribution in [-0.4, -0.2) is 9.78 Å². The van der Waals surface area contributed by atoms with Gasteiger partial charge in [-0.05, 0) is 24.6 Å². The summed E-state index contributed by atoms with van der Waals surface area (Å²) in [5, 5.41) is 8.42. The third-order valence-corrected chi connectivity index (χ3v) is 3.48. The lowest BCUT2D eigenvalue weighted by atomic mass is 10.2. The van der Waals surface area contributed by atoms with E-state index in [9.17, 15) is 4.39 Å². The smallest absolute Gasteiger partial charge is 0.126 e. The zero-order valence-corrected chi connectivity index (χ0v) is 12.2. The molecule has 0 radical (unpaired) electrons. The first-order valence-corrected chi connectivity index (χ1v) is 6.67. The number of nitrogens with zero attached hydrogens (tertiary/aromatic N) is 2. The molecule has 1 aromatic carbocycles. The highest BCUT2D eigenvalue weighted by Gasteiger charge is 2.12. The number of halogens is 3. The third-order valence-electron chi connectivity index (χ3n) is 2.83. The van der Waals surface area contributed by atoms with Crippen molar-refractivity contribution < 1.29 is 4.39 Å². The molecule has 0 spiro atoms. The van der Waals surface area contributed by atoms with E-state index >= 15 is 0 Å². The average molecular weight is 302 g/mol. The second-order valence-electron chi connectivity index (χ2n) is 4.20. The second kappa shape index (κ2) is 5.80. The Morgan fingerprint density at radius 1 is 1.32 bits per heavy atom. The lowest BCUT2D eigenvalue weighted by molar-refractivity contribution is 0.628. The maximum Gasteiger partial charge on any atom is 0.126 e. The molecule has 0 amide bonds. The summed E-state index contributed by atoms with van der Waals surface area (Å²) in [6.07, 6.45) is 0.776. The quantitative estimate of drug-likeness (QED) is 0.923. The summed E-state index contributed by atoms with van der Waals surface area (Å²) in [6, 6.07) is 4.31. The fourth-order valence-electron chi connectivity index (χ4n) is 1.85. The summed E-state index contributed by atoms with van der Waals surface area (Å²) in [6.45, 7) is 2.46. The maximum absolute atomic E-state index is 13.2. The Hall–Kier alpha value is -1.26. The molecule has 0 aliphatic carbocycles. The Morgan fingerprint density at radius 3 is 2.63 bits per heavy atom. The molecule has 2 aromatic rings. The summed E-state index contributed by atoms with van der Waals surface area (Å²) in [7, 11) is 1.83. The van der Waals surface area contributed by atoms with Gasteiger partial charge in [0.2, 0.25) is 0 Å². The van der Waals surface area contributed by atoms with E-state index in [1.54, 1.807) is 10.7 Å². The van der Waals surface area contributed by atoms with Crippen LogP contribution < -0.4 is 5.32 Å². The number of benzene rings is 1. The highest BCUT2D eigenvalue weighted by atomic mass is 35.5. The SMILES string of the molecule is CCc1nn(C)c(CNc2cc(F)cc(Cl)c2)c1Cl. The fraction of sp³-hybridized carbons (Fsp3) is 0.308. The van der Waals surface area contributed by atoms with Crippen LogP contribution in [0.2, 0.25) is 10.0 Å². The predicted molar refractivity (Wildman–Crippen MR) is 76.3 cm³/mol. The van der Waals surface area contributed by atoms with E-state index in [-0.39, 0.29) is 5.82 Å². The molecule has 6 heteroatoms. The molecule has 1 heterocycles. The Labute approximate surface area is 121 Å². The van der Waals surface area contributed by atoms with E-state index in [0.29, 0.717) is 22.3 Å². The molecule has 1 aromatic heterocycles. The van der Waals surface area contributed by atoms with Crippen LogP contribution in [0.1, 0.15) is 18.3 Å². The minimum Gasteiger partial charge on any atom is -0.379 e. The van der Waals surface area contributed by atoms with Crippen LogP contribution >= 0.6 is 23.2 Å². The zero-order valence-electron chi connectivity index (χ0n) is 10.7. The van der Waals surface area contributed by atoms with Crippen molar-refractivity contribution in [2.45, 2.75) is 19.9 Å². The van der Waals surface area contributed by atoms with Crippen LogP contribution in [0.25, 0.3) is 0 Å².